The number of allylic oxidation sites excluding steroid dienone is 7. The maximum Gasteiger partial charge on any atom is 0.488 e. The zero-order valence-electron chi connectivity index (χ0n) is 70.4. The summed E-state index contributed by atoms with van der Waals surface area (Å²) in [5.74, 6) is 1.62. The van der Waals surface area contributed by atoms with Gasteiger partial charge in [-0.3, -0.25) is 0 Å². The molecule has 2 nitrogen and oxygen atoms in total. The third-order valence-corrected chi connectivity index (χ3v) is 20.6. The van der Waals surface area contributed by atoms with Crippen LogP contribution in [0.2, 0.25) is 0 Å². The summed E-state index contributed by atoms with van der Waals surface area (Å²) in [4.78, 5) is 0. The molecule has 0 bridgehead atoms. The molecule has 13 aromatic rings. The predicted octanol–water partition coefficient (Wildman–Crippen LogP) is 30.2. The van der Waals surface area contributed by atoms with Gasteiger partial charge in [-0.05, 0) is 216 Å². The first kappa shape index (κ1) is 88.0. The minimum Gasteiger partial charge on any atom is -0.423 e. The molecule has 586 valence electrons. The summed E-state index contributed by atoms with van der Waals surface area (Å²) in [7, 11) is -1.37. The summed E-state index contributed by atoms with van der Waals surface area (Å²) in [6.45, 7) is 23.8. The van der Waals surface area contributed by atoms with Gasteiger partial charge < -0.3 is 10.0 Å². The van der Waals surface area contributed by atoms with Crippen molar-refractivity contribution in [3.05, 3.63) is 477 Å². The van der Waals surface area contributed by atoms with Crippen molar-refractivity contribution in [3.63, 3.8) is 0 Å². The molecule has 0 radical (unpaired) electrons. The number of hydrogen-bond acceptors (Lipinski definition) is 2. The molecule has 3 heteroatoms. The van der Waals surface area contributed by atoms with Crippen LogP contribution in [0.25, 0.3) is 62.8 Å². The second-order valence-corrected chi connectivity index (χ2v) is 29.1. The lowest BCUT2D eigenvalue weighted by Crippen LogP contribution is -2.29. The van der Waals surface area contributed by atoms with E-state index in [9.17, 15) is 0 Å². The van der Waals surface area contributed by atoms with Crippen LogP contribution >= 0.6 is 0 Å². The lowest BCUT2D eigenvalue weighted by Gasteiger charge is -2.16. The first-order valence-electron chi connectivity index (χ1n) is 42.0. The molecule has 1 fully saturated rings. The van der Waals surface area contributed by atoms with Gasteiger partial charge in [0.15, 0.2) is 0 Å². The fourth-order valence-electron chi connectivity index (χ4n) is 14.8. The van der Waals surface area contributed by atoms with Gasteiger partial charge in [0.2, 0.25) is 0 Å². The Kier molecular flexibility index (Phi) is 36.6. The van der Waals surface area contributed by atoms with Gasteiger partial charge >= 0.3 is 7.12 Å². The van der Waals surface area contributed by atoms with Crippen LogP contribution in [-0.4, -0.2) is 17.2 Å². The number of rotatable bonds is 23. The van der Waals surface area contributed by atoms with Crippen molar-refractivity contribution in [1.82, 2.24) is 0 Å². The average Bonchev–Trinajstić information content (AvgIpc) is 1.44. The fourth-order valence-corrected chi connectivity index (χ4v) is 14.8. The van der Waals surface area contributed by atoms with Crippen molar-refractivity contribution < 1.29 is 10.0 Å². The molecule has 0 saturated heterocycles. The predicted molar refractivity (Wildman–Crippen MR) is 509 cm³/mol. The normalized spacial score (nSPS) is 13.5. The number of hydrogen-bond donors (Lipinski definition) is 2. The monoisotopic (exact) mass is 1520 g/mol. The van der Waals surface area contributed by atoms with Crippen LogP contribution < -0.4 is 5.46 Å². The highest BCUT2D eigenvalue weighted by atomic mass is 16.4. The van der Waals surface area contributed by atoms with E-state index in [4.69, 9.17) is 10.0 Å². The highest BCUT2D eigenvalue weighted by Crippen LogP contribution is 2.47. The van der Waals surface area contributed by atoms with E-state index in [2.05, 4.69) is 419 Å². The van der Waals surface area contributed by atoms with E-state index < -0.39 is 7.12 Å². The molecule has 2 N–H and O–H groups in total. The second kappa shape index (κ2) is 48.3. The van der Waals surface area contributed by atoms with E-state index in [1.807, 2.05) is 45.1 Å². The Bertz CT molecular complexity index is 5040. The molecule has 0 spiro atoms. The topological polar surface area (TPSA) is 40.5 Å². The molecule has 1 aliphatic carbocycles. The zero-order chi connectivity index (χ0) is 82.1. The quantitative estimate of drug-likeness (QED) is 0.0495. The maximum absolute atomic E-state index is 8.78. The van der Waals surface area contributed by atoms with Gasteiger partial charge in [-0.25, -0.2) is 0 Å². The summed E-state index contributed by atoms with van der Waals surface area (Å²) in [6, 6.07) is 129. The van der Waals surface area contributed by atoms with Crippen molar-refractivity contribution in [3.8, 4) is 0 Å². The molecule has 0 heterocycles. The number of aryl methyl sites for hydroxylation is 1. The summed E-state index contributed by atoms with van der Waals surface area (Å²) in [5.41, 5.74) is 33.3. The molecule has 1 aliphatic rings. The van der Waals surface area contributed by atoms with Gasteiger partial charge in [0.25, 0.3) is 0 Å². The molecule has 13 aromatic carbocycles. The molecule has 116 heavy (non-hydrogen) atoms. The molecular formula is C113H119BO2. The highest BCUT2D eigenvalue weighted by molar-refractivity contribution is 6.58. The fraction of sp³-hybridized carbons (Fsp3) is 0.186. The third kappa shape index (κ3) is 26.0. The Morgan fingerprint density at radius 2 is 0.491 bits per heavy atom. The minimum absolute atomic E-state index is 0.517. The molecule has 0 aliphatic heterocycles. The van der Waals surface area contributed by atoms with E-state index in [-0.39, 0.29) is 0 Å². The van der Waals surface area contributed by atoms with E-state index in [0.717, 1.165) is 49.5 Å². The lowest BCUT2D eigenvalue weighted by atomic mass is 9.80. The first-order chi connectivity index (χ1) is 56.9. The molecular weight excluding hydrogens is 1400 g/mol. The number of benzene rings is 13. The van der Waals surface area contributed by atoms with Gasteiger partial charge in [0.1, 0.15) is 0 Å². The highest BCUT2D eigenvalue weighted by Gasteiger charge is 2.34. The molecule has 2 atom stereocenters. The van der Waals surface area contributed by atoms with Crippen LogP contribution in [0.3, 0.4) is 0 Å². The van der Waals surface area contributed by atoms with Gasteiger partial charge in [0, 0.05) is 0 Å². The van der Waals surface area contributed by atoms with Crippen LogP contribution in [0.4, 0.5) is 0 Å². The first-order valence-corrected chi connectivity index (χ1v) is 42.0. The molecule has 0 aromatic heterocycles. The Balaban J connectivity index is 0.000000167. The van der Waals surface area contributed by atoms with Crippen LogP contribution in [-0.2, 0) is 6.42 Å². The van der Waals surface area contributed by atoms with Gasteiger partial charge in [-0.2, -0.15) is 0 Å². The Labute approximate surface area is 697 Å². The maximum atomic E-state index is 8.78. The summed E-state index contributed by atoms with van der Waals surface area (Å²) in [5, 5.41) is 17.6. The zero-order valence-corrected chi connectivity index (χ0v) is 70.4. The van der Waals surface area contributed by atoms with Gasteiger partial charge in [0.05, 0.1) is 0 Å². The smallest absolute Gasteiger partial charge is 0.423 e. The van der Waals surface area contributed by atoms with Crippen LogP contribution in [0.5, 0.6) is 0 Å². The third-order valence-electron chi connectivity index (χ3n) is 20.6. The Morgan fingerprint density at radius 1 is 0.284 bits per heavy atom. The van der Waals surface area contributed by atoms with E-state index >= 15 is 0 Å². The summed E-state index contributed by atoms with van der Waals surface area (Å²) < 4.78 is 0. The van der Waals surface area contributed by atoms with Crippen molar-refractivity contribution in [2.75, 3.05) is 0 Å². The van der Waals surface area contributed by atoms with Crippen LogP contribution in [0.15, 0.2) is 382 Å². The SMILES string of the molecule is C/C=C/c1ccc(/C(=C(/CC)c2ccccc2)c2ccccc2)cc1.C/C=C/c1ccc(/C(=C(/CC)c2ccccc2)c2ccccc2)cc1.C/C=C/c1ccc(B(O)O)cc1.CC/C(=C(\c1ccccc1)c1ccc(C2CC2C)cc1)c1ccccc1.CCC.CCCc1ccc(/C(=C(/CC)c2ccccc2)c2ccccc2)cc1. The average molecular weight is 1520 g/mol. The largest absolute Gasteiger partial charge is 0.488 e. The summed E-state index contributed by atoms with van der Waals surface area (Å²) >= 11 is 0. The van der Waals surface area contributed by atoms with E-state index in [0.29, 0.717) is 5.46 Å². The van der Waals surface area contributed by atoms with Crippen molar-refractivity contribution >= 4 is 75.4 Å². The second-order valence-electron chi connectivity index (χ2n) is 29.1. The minimum atomic E-state index is -1.37. The van der Waals surface area contributed by atoms with Crippen LogP contribution in [0.1, 0.15) is 222 Å². The van der Waals surface area contributed by atoms with Gasteiger partial charge in [-0.1, -0.05) is 469 Å². The van der Waals surface area contributed by atoms with Crippen LogP contribution in [0, 0.1) is 5.92 Å². The Morgan fingerprint density at radius 3 is 0.698 bits per heavy atom. The standard InChI is InChI=1S/C26H26.C25H26.2C25H24.C9H11BO2.C3H8/c1-3-24(20-10-6-4-7-11-20)26(22-12-8-5-9-13-22)23-16-14-21(15-17-23)25-18-19(25)2;3*1-3-11-20-16-18-23(19-17-20)25(22-14-9-6-10-15-22)24(4-2)21-12-7-5-8-13-21;1-2-3-8-4-6-9(7-5-8)10(11)12;1-3-2/h4-17,19,25H,3,18H2,1-2H3;5-10,12-19H,3-4,11H2,1-2H3;2*3,5-19H,4H2,1-2H3;2-7,11-12H,1H3;3H2,1-2H3/b26-24-;25-24-;2*11-3+,25-24-;3-2+;. The molecule has 2 unspecified atom stereocenters. The van der Waals surface area contributed by atoms with E-state index in [1.54, 1.807) is 12.1 Å². The van der Waals surface area contributed by atoms with Crippen molar-refractivity contribution in [1.29, 1.82) is 0 Å². The lowest BCUT2D eigenvalue weighted by molar-refractivity contribution is 0.426. The van der Waals surface area contributed by atoms with E-state index in [1.165, 1.54) is 153 Å². The van der Waals surface area contributed by atoms with Crippen molar-refractivity contribution in [2.45, 2.75) is 133 Å². The Hall–Kier alpha value is -12.0. The molecule has 0 amide bonds. The van der Waals surface area contributed by atoms with Crippen molar-refractivity contribution in [2.24, 2.45) is 5.92 Å². The molecule has 14 rings (SSSR count). The molecule has 1 saturated carbocycles. The summed E-state index contributed by atoms with van der Waals surface area (Å²) in [6.07, 6.45) is 21.2. The van der Waals surface area contributed by atoms with Gasteiger partial charge in [-0.15, -0.1) is 0 Å².